The molecule has 0 atom stereocenters. The molecule has 0 radical (unpaired) electrons. The Morgan fingerprint density at radius 2 is 1.81 bits per heavy atom. The van der Waals surface area contributed by atoms with Crippen LogP contribution < -0.4 is 15.0 Å². The predicted molar refractivity (Wildman–Crippen MR) is 106 cm³/mol. The van der Waals surface area contributed by atoms with Gasteiger partial charge >= 0.3 is 0 Å². The molecule has 1 amide bonds. The number of amides is 1. The zero-order valence-electron chi connectivity index (χ0n) is 15.4. The largest absolute Gasteiger partial charge is 0.508 e. The number of ether oxygens (including phenoxy) is 1. The molecule has 0 aliphatic carbocycles. The van der Waals surface area contributed by atoms with E-state index in [9.17, 15) is 9.90 Å². The Kier molecular flexibility index (Phi) is 5.16. The van der Waals surface area contributed by atoms with Gasteiger partial charge in [0.15, 0.2) is 0 Å². The molecule has 2 aliphatic heterocycles. The SMILES string of the molecule is O=C1Cc2cc(OCCCN3CCN(c4ccc(O)cc4)CC3)ccc2N1. The van der Waals surface area contributed by atoms with E-state index in [2.05, 4.69) is 15.1 Å². The number of hydrogen-bond acceptors (Lipinski definition) is 5. The molecule has 0 bridgehead atoms. The molecule has 6 nitrogen and oxygen atoms in total. The molecule has 2 aromatic rings. The average Bonchev–Trinajstić information content (AvgIpc) is 3.06. The van der Waals surface area contributed by atoms with E-state index in [1.165, 1.54) is 5.69 Å². The molecule has 2 aliphatic rings. The van der Waals surface area contributed by atoms with Gasteiger partial charge in [0.25, 0.3) is 0 Å². The predicted octanol–water partition coefficient (Wildman–Crippen LogP) is 2.48. The van der Waals surface area contributed by atoms with Gasteiger partial charge in [-0.1, -0.05) is 0 Å². The second-order valence-corrected chi connectivity index (χ2v) is 7.09. The molecule has 142 valence electrons. The summed E-state index contributed by atoms with van der Waals surface area (Å²) in [6, 6.07) is 13.2. The summed E-state index contributed by atoms with van der Waals surface area (Å²) in [7, 11) is 0. The van der Waals surface area contributed by atoms with Gasteiger partial charge in [-0.25, -0.2) is 0 Å². The van der Waals surface area contributed by atoms with Crippen LogP contribution in [0.1, 0.15) is 12.0 Å². The van der Waals surface area contributed by atoms with Crippen molar-refractivity contribution in [1.29, 1.82) is 0 Å². The van der Waals surface area contributed by atoms with Gasteiger partial charge in [-0.05, 0) is 54.4 Å². The van der Waals surface area contributed by atoms with Gasteiger partial charge in [0.05, 0.1) is 13.0 Å². The van der Waals surface area contributed by atoms with Crippen molar-refractivity contribution in [3.8, 4) is 11.5 Å². The van der Waals surface area contributed by atoms with E-state index < -0.39 is 0 Å². The molecule has 1 saturated heterocycles. The number of benzene rings is 2. The maximum atomic E-state index is 11.4. The van der Waals surface area contributed by atoms with E-state index in [1.807, 2.05) is 30.3 Å². The molecule has 0 saturated carbocycles. The van der Waals surface area contributed by atoms with Crippen LogP contribution in [-0.2, 0) is 11.2 Å². The monoisotopic (exact) mass is 367 g/mol. The molecule has 27 heavy (non-hydrogen) atoms. The number of nitrogens with one attached hydrogen (secondary N) is 1. The average molecular weight is 367 g/mol. The van der Waals surface area contributed by atoms with E-state index in [1.54, 1.807) is 12.1 Å². The summed E-state index contributed by atoms with van der Waals surface area (Å²) < 4.78 is 5.86. The van der Waals surface area contributed by atoms with Crippen molar-refractivity contribution in [1.82, 2.24) is 4.90 Å². The minimum Gasteiger partial charge on any atom is -0.508 e. The topological polar surface area (TPSA) is 65.0 Å². The number of anilines is 2. The molecular weight excluding hydrogens is 342 g/mol. The first-order valence-electron chi connectivity index (χ1n) is 9.49. The Hall–Kier alpha value is -2.73. The number of rotatable bonds is 6. The third-order valence-electron chi connectivity index (χ3n) is 5.18. The maximum Gasteiger partial charge on any atom is 0.228 e. The first-order chi connectivity index (χ1) is 13.2. The highest BCUT2D eigenvalue weighted by Crippen LogP contribution is 2.27. The van der Waals surface area contributed by atoms with Crippen LogP contribution in [-0.4, -0.2) is 55.2 Å². The Labute approximate surface area is 159 Å². The second kappa shape index (κ2) is 7.88. The van der Waals surface area contributed by atoms with Crippen LogP contribution >= 0.6 is 0 Å². The smallest absolute Gasteiger partial charge is 0.228 e. The molecule has 6 heteroatoms. The van der Waals surface area contributed by atoms with Crippen molar-refractivity contribution in [2.24, 2.45) is 0 Å². The minimum absolute atomic E-state index is 0.0496. The van der Waals surface area contributed by atoms with Crippen molar-refractivity contribution in [3.05, 3.63) is 48.0 Å². The van der Waals surface area contributed by atoms with Crippen molar-refractivity contribution in [2.45, 2.75) is 12.8 Å². The van der Waals surface area contributed by atoms with Gasteiger partial charge in [-0.15, -0.1) is 0 Å². The number of phenolic OH excluding ortho intramolecular Hbond substituents is 1. The normalized spacial score (nSPS) is 16.9. The molecule has 1 fully saturated rings. The number of hydrogen-bond donors (Lipinski definition) is 2. The number of phenols is 1. The summed E-state index contributed by atoms with van der Waals surface area (Å²) in [5.41, 5.74) is 3.09. The number of piperazine rings is 1. The molecule has 2 heterocycles. The maximum absolute atomic E-state index is 11.4. The Bertz CT molecular complexity index is 799. The van der Waals surface area contributed by atoms with E-state index in [0.717, 1.165) is 56.1 Å². The fourth-order valence-corrected chi connectivity index (χ4v) is 3.67. The Morgan fingerprint density at radius 1 is 1.04 bits per heavy atom. The van der Waals surface area contributed by atoms with E-state index in [4.69, 9.17) is 4.74 Å². The first-order valence-corrected chi connectivity index (χ1v) is 9.49. The molecule has 2 N–H and O–H groups in total. The lowest BCUT2D eigenvalue weighted by Crippen LogP contribution is -2.46. The third-order valence-corrected chi connectivity index (χ3v) is 5.18. The van der Waals surface area contributed by atoms with Crippen LogP contribution in [0.4, 0.5) is 11.4 Å². The number of fused-ring (bicyclic) bond motifs is 1. The number of carbonyl (C=O) groups excluding carboxylic acids is 1. The number of carbonyl (C=O) groups is 1. The summed E-state index contributed by atoms with van der Waals surface area (Å²) >= 11 is 0. The summed E-state index contributed by atoms with van der Waals surface area (Å²) in [5, 5.41) is 12.2. The molecule has 0 unspecified atom stereocenters. The standard InChI is InChI=1S/C21H25N3O3/c25-18-4-2-17(3-5-18)24-11-9-23(10-12-24)8-1-13-27-19-6-7-20-16(14-19)15-21(26)22-20/h2-7,14,25H,1,8-13,15H2,(H,22,26). The molecule has 0 aromatic heterocycles. The van der Waals surface area contributed by atoms with Crippen molar-refractivity contribution in [3.63, 3.8) is 0 Å². The van der Waals surface area contributed by atoms with Gasteiger partial charge in [0, 0.05) is 44.1 Å². The second-order valence-electron chi connectivity index (χ2n) is 7.09. The van der Waals surface area contributed by atoms with Gasteiger partial charge in [-0.2, -0.15) is 0 Å². The van der Waals surface area contributed by atoms with Crippen molar-refractivity contribution in [2.75, 3.05) is 49.5 Å². The van der Waals surface area contributed by atoms with Crippen LogP contribution in [0.5, 0.6) is 11.5 Å². The molecule has 4 rings (SSSR count). The van der Waals surface area contributed by atoms with Gasteiger partial charge in [0.2, 0.25) is 5.91 Å². The van der Waals surface area contributed by atoms with Crippen LogP contribution in [0.3, 0.4) is 0 Å². The fraction of sp³-hybridized carbons (Fsp3) is 0.381. The number of nitrogens with zero attached hydrogens (tertiary/aromatic N) is 2. The summed E-state index contributed by atoms with van der Waals surface area (Å²) in [6.45, 7) is 5.77. The minimum atomic E-state index is 0.0496. The van der Waals surface area contributed by atoms with Crippen LogP contribution in [0.25, 0.3) is 0 Å². The Balaban J connectivity index is 1.17. The van der Waals surface area contributed by atoms with E-state index in [0.29, 0.717) is 18.8 Å². The fourth-order valence-electron chi connectivity index (χ4n) is 3.67. The molecular formula is C21H25N3O3. The summed E-state index contributed by atoms with van der Waals surface area (Å²) in [4.78, 5) is 16.2. The van der Waals surface area contributed by atoms with Gasteiger partial charge < -0.3 is 20.1 Å². The third kappa shape index (κ3) is 4.34. The lowest BCUT2D eigenvalue weighted by molar-refractivity contribution is -0.115. The Morgan fingerprint density at radius 3 is 2.59 bits per heavy atom. The highest BCUT2D eigenvalue weighted by Gasteiger charge is 2.18. The van der Waals surface area contributed by atoms with Crippen molar-refractivity contribution >= 4 is 17.3 Å². The molecule has 2 aromatic carbocycles. The lowest BCUT2D eigenvalue weighted by Gasteiger charge is -2.36. The highest BCUT2D eigenvalue weighted by molar-refractivity contribution is 5.99. The van der Waals surface area contributed by atoms with Gasteiger partial charge in [0.1, 0.15) is 11.5 Å². The van der Waals surface area contributed by atoms with E-state index in [-0.39, 0.29) is 5.91 Å². The molecule has 0 spiro atoms. The lowest BCUT2D eigenvalue weighted by atomic mass is 10.1. The summed E-state index contributed by atoms with van der Waals surface area (Å²) in [6.07, 6.45) is 1.42. The van der Waals surface area contributed by atoms with Crippen LogP contribution in [0, 0.1) is 0 Å². The quantitative estimate of drug-likeness (QED) is 0.768. The summed E-state index contributed by atoms with van der Waals surface area (Å²) in [5.74, 6) is 1.19. The zero-order valence-corrected chi connectivity index (χ0v) is 15.4. The number of aromatic hydroxyl groups is 1. The van der Waals surface area contributed by atoms with Crippen LogP contribution in [0.15, 0.2) is 42.5 Å². The van der Waals surface area contributed by atoms with Crippen LogP contribution in [0.2, 0.25) is 0 Å². The zero-order chi connectivity index (χ0) is 18.6. The first kappa shape index (κ1) is 17.7. The van der Waals surface area contributed by atoms with Crippen molar-refractivity contribution < 1.29 is 14.6 Å². The highest BCUT2D eigenvalue weighted by atomic mass is 16.5. The van der Waals surface area contributed by atoms with Gasteiger partial charge in [-0.3, -0.25) is 9.69 Å². The van der Waals surface area contributed by atoms with E-state index >= 15 is 0 Å².